The van der Waals surface area contributed by atoms with Gasteiger partial charge < -0.3 is 16.8 Å². The van der Waals surface area contributed by atoms with E-state index in [0.29, 0.717) is 12.3 Å². The maximum Gasteiger partial charge on any atom is 0.221 e. The third kappa shape index (κ3) is 4.78. The Morgan fingerprint density at radius 1 is 1.40 bits per heavy atom. The second-order valence-electron chi connectivity index (χ2n) is 4.34. The average molecular weight is 213 g/mol. The van der Waals surface area contributed by atoms with Crippen LogP contribution in [-0.2, 0) is 9.59 Å². The van der Waals surface area contributed by atoms with Gasteiger partial charge in [-0.15, -0.1) is 0 Å². The van der Waals surface area contributed by atoms with Crippen LogP contribution in [0.2, 0.25) is 0 Å². The maximum absolute atomic E-state index is 11.4. The highest BCUT2D eigenvalue weighted by Crippen LogP contribution is 2.32. The number of nitrogens with two attached hydrogens (primary N) is 2. The largest absolute Gasteiger partial charge is 0.370 e. The van der Waals surface area contributed by atoms with Crippen LogP contribution in [0.15, 0.2) is 0 Å². The Labute approximate surface area is 89.6 Å². The fourth-order valence-electron chi connectivity index (χ4n) is 1.59. The topological polar surface area (TPSA) is 98.2 Å². The third-order valence-electron chi connectivity index (χ3n) is 2.56. The van der Waals surface area contributed by atoms with Crippen LogP contribution in [-0.4, -0.2) is 23.9 Å². The standard InChI is InChI=1S/C10H19N3O2/c1-6(4-9(12)14)13-10(15)5-8(11)7-2-3-7/h6-8H,2-5,11H2,1H3,(H2,12,14)(H,13,15). The molecule has 0 saturated heterocycles. The minimum Gasteiger partial charge on any atom is -0.370 e. The molecule has 0 radical (unpaired) electrons. The number of carbonyl (C=O) groups excluding carboxylic acids is 2. The summed E-state index contributed by atoms with van der Waals surface area (Å²) in [5.41, 5.74) is 10.8. The zero-order valence-electron chi connectivity index (χ0n) is 9.03. The molecule has 1 saturated carbocycles. The van der Waals surface area contributed by atoms with Crippen molar-refractivity contribution < 1.29 is 9.59 Å². The summed E-state index contributed by atoms with van der Waals surface area (Å²) in [4.78, 5) is 22.0. The lowest BCUT2D eigenvalue weighted by Crippen LogP contribution is -2.39. The van der Waals surface area contributed by atoms with Crippen molar-refractivity contribution in [3.05, 3.63) is 0 Å². The van der Waals surface area contributed by atoms with Gasteiger partial charge in [0.15, 0.2) is 0 Å². The number of amides is 2. The summed E-state index contributed by atoms with van der Waals surface area (Å²) in [5, 5.41) is 2.70. The van der Waals surface area contributed by atoms with Gasteiger partial charge in [0, 0.05) is 24.9 Å². The lowest BCUT2D eigenvalue weighted by molar-refractivity contribution is -0.122. The van der Waals surface area contributed by atoms with E-state index in [1.165, 1.54) is 0 Å². The first-order valence-corrected chi connectivity index (χ1v) is 5.32. The molecular weight excluding hydrogens is 194 g/mol. The molecule has 1 fully saturated rings. The summed E-state index contributed by atoms with van der Waals surface area (Å²) < 4.78 is 0. The van der Waals surface area contributed by atoms with E-state index in [9.17, 15) is 9.59 Å². The summed E-state index contributed by atoms with van der Waals surface area (Å²) >= 11 is 0. The average Bonchev–Trinajstić information content (AvgIpc) is 2.82. The predicted molar refractivity (Wildman–Crippen MR) is 56.7 cm³/mol. The van der Waals surface area contributed by atoms with Crippen molar-refractivity contribution in [1.29, 1.82) is 0 Å². The van der Waals surface area contributed by atoms with Crippen molar-refractivity contribution in [2.24, 2.45) is 17.4 Å². The monoisotopic (exact) mass is 213 g/mol. The van der Waals surface area contributed by atoms with Crippen molar-refractivity contribution in [1.82, 2.24) is 5.32 Å². The fraction of sp³-hybridized carbons (Fsp3) is 0.800. The van der Waals surface area contributed by atoms with Gasteiger partial charge in [0.05, 0.1) is 0 Å². The summed E-state index contributed by atoms with van der Waals surface area (Å²) in [6, 6.07) is -0.243. The van der Waals surface area contributed by atoms with Gasteiger partial charge in [0.1, 0.15) is 0 Å². The van der Waals surface area contributed by atoms with Crippen molar-refractivity contribution in [3.8, 4) is 0 Å². The predicted octanol–water partition coefficient (Wildman–Crippen LogP) is -0.506. The van der Waals surface area contributed by atoms with Crippen LogP contribution in [0.3, 0.4) is 0 Å². The van der Waals surface area contributed by atoms with Gasteiger partial charge in [-0.05, 0) is 25.7 Å². The lowest BCUT2D eigenvalue weighted by Gasteiger charge is -2.14. The zero-order valence-corrected chi connectivity index (χ0v) is 9.03. The van der Waals surface area contributed by atoms with E-state index < -0.39 is 5.91 Å². The van der Waals surface area contributed by atoms with Gasteiger partial charge in [-0.25, -0.2) is 0 Å². The molecule has 1 rings (SSSR count). The van der Waals surface area contributed by atoms with Crippen molar-refractivity contribution >= 4 is 11.8 Å². The van der Waals surface area contributed by atoms with Crippen molar-refractivity contribution in [3.63, 3.8) is 0 Å². The molecule has 5 nitrogen and oxygen atoms in total. The molecular formula is C10H19N3O2. The van der Waals surface area contributed by atoms with E-state index in [-0.39, 0.29) is 24.4 Å². The summed E-state index contributed by atoms with van der Waals surface area (Å²) in [6.45, 7) is 1.76. The van der Waals surface area contributed by atoms with Gasteiger partial charge in [0.25, 0.3) is 0 Å². The zero-order chi connectivity index (χ0) is 11.4. The smallest absolute Gasteiger partial charge is 0.221 e. The Balaban J connectivity index is 2.19. The molecule has 0 spiro atoms. The van der Waals surface area contributed by atoms with Gasteiger partial charge >= 0.3 is 0 Å². The van der Waals surface area contributed by atoms with Crippen LogP contribution < -0.4 is 16.8 Å². The highest BCUT2D eigenvalue weighted by molar-refractivity contribution is 5.79. The molecule has 86 valence electrons. The van der Waals surface area contributed by atoms with E-state index >= 15 is 0 Å². The van der Waals surface area contributed by atoms with Crippen LogP contribution in [0.4, 0.5) is 0 Å². The number of primary amides is 1. The Hall–Kier alpha value is -1.10. The highest BCUT2D eigenvalue weighted by atomic mass is 16.2. The van der Waals surface area contributed by atoms with Gasteiger partial charge in [-0.2, -0.15) is 0 Å². The van der Waals surface area contributed by atoms with Crippen LogP contribution in [0.25, 0.3) is 0 Å². The quantitative estimate of drug-likeness (QED) is 0.554. The molecule has 2 amide bonds. The molecule has 2 atom stereocenters. The molecule has 1 aliphatic rings. The van der Waals surface area contributed by atoms with Crippen LogP contribution in [0.5, 0.6) is 0 Å². The molecule has 15 heavy (non-hydrogen) atoms. The van der Waals surface area contributed by atoms with E-state index in [1.807, 2.05) is 0 Å². The Bertz CT molecular complexity index is 251. The van der Waals surface area contributed by atoms with E-state index in [0.717, 1.165) is 12.8 Å². The second kappa shape index (κ2) is 5.11. The molecule has 0 aromatic carbocycles. The first kappa shape index (κ1) is 12.0. The molecule has 0 heterocycles. The SMILES string of the molecule is CC(CC(N)=O)NC(=O)CC(N)C1CC1. The van der Waals surface area contributed by atoms with Gasteiger partial charge in [-0.1, -0.05) is 0 Å². The number of carbonyl (C=O) groups is 2. The summed E-state index contributed by atoms with van der Waals surface area (Å²) in [7, 11) is 0. The molecule has 0 bridgehead atoms. The third-order valence-corrected chi connectivity index (χ3v) is 2.56. The number of rotatable bonds is 6. The summed E-state index contributed by atoms with van der Waals surface area (Å²) in [6.07, 6.45) is 2.77. The molecule has 0 aromatic heterocycles. The molecule has 1 aliphatic carbocycles. The van der Waals surface area contributed by atoms with Gasteiger partial charge in [-0.3, -0.25) is 9.59 Å². The van der Waals surface area contributed by atoms with Crippen molar-refractivity contribution in [2.75, 3.05) is 0 Å². The Morgan fingerprint density at radius 2 is 2.00 bits per heavy atom. The lowest BCUT2D eigenvalue weighted by atomic mass is 10.1. The molecule has 0 aromatic rings. The molecule has 0 aliphatic heterocycles. The molecule has 5 N–H and O–H groups in total. The fourth-order valence-corrected chi connectivity index (χ4v) is 1.59. The minimum absolute atomic E-state index is 0.0363. The van der Waals surface area contributed by atoms with Crippen LogP contribution in [0.1, 0.15) is 32.6 Å². The minimum atomic E-state index is -0.408. The first-order chi connectivity index (χ1) is 6.99. The normalized spacial score (nSPS) is 19.3. The van der Waals surface area contributed by atoms with Gasteiger partial charge in [0.2, 0.25) is 11.8 Å². The van der Waals surface area contributed by atoms with E-state index in [2.05, 4.69) is 5.32 Å². The first-order valence-electron chi connectivity index (χ1n) is 5.32. The van der Waals surface area contributed by atoms with Crippen LogP contribution in [0, 0.1) is 5.92 Å². The maximum atomic E-state index is 11.4. The van der Waals surface area contributed by atoms with E-state index in [4.69, 9.17) is 11.5 Å². The molecule has 2 unspecified atom stereocenters. The second-order valence-corrected chi connectivity index (χ2v) is 4.34. The van der Waals surface area contributed by atoms with E-state index in [1.54, 1.807) is 6.92 Å². The summed E-state index contributed by atoms with van der Waals surface area (Å²) in [5.74, 6) is 0.0136. The number of hydrogen-bond donors (Lipinski definition) is 3. The Kier molecular flexibility index (Phi) is 4.08. The molecule has 5 heteroatoms. The number of hydrogen-bond acceptors (Lipinski definition) is 3. The van der Waals surface area contributed by atoms with Crippen molar-refractivity contribution in [2.45, 2.75) is 44.7 Å². The highest BCUT2D eigenvalue weighted by Gasteiger charge is 2.29. The number of nitrogens with one attached hydrogen (secondary N) is 1. The van der Waals surface area contributed by atoms with Crippen LogP contribution >= 0.6 is 0 Å². The Morgan fingerprint density at radius 3 is 2.47 bits per heavy atom.